The topological polar surface area (TPSA) is 0 Å². The second-order valence-electron chi connectivity index (χ2n) is 3.93. The molecule has 0 N–H and O–H groups in total. The van der Waals surface area contributed by atoms with Crippen molar-refractivity contribution in [1.29, 1.82) is 0 Å². The first-order chi connectivity index (χ1) is 9.29. The normalized spacial score (nSPS) is 8.00. The zero-order valence-corrected chi connectivity index (χ0v) is 13.2. The summed E-state index contributed by atoms with van der Waals surface area (Å²) in [5, 5.41) is 0. The van der Waals surface area contributed by atoms with Crippen LogP contribution < -0.4 is 0 Å². The van der Waals surface area contributed by atoms with Gasteiger partial charge in [0.2, 0.25) is 0 Å². The smallest absolute Gasteiger partial charge is 0.214 e. The maximum atomic E-state index is 3.72. The minimum Gasteiger partial charge on any atom is -0.214 e. The molecular formula is C19H19Ru. The van der Waals surface area contributed by atoms with Gasteiger partial charge in [0.1, 0.15) is 0 Å². The van der Waals surface area contributed by atoms with Crippen molar-refractivity contribution in [3.63, 3.8) is 0 Å². The maximum absolute atomic E-state index is 3.72. The van der Waals surface area contributed by atoms with Gasteiger partial charge in [-0.15, -0.1) is 24.3 Å². The summed E-state index contributed by atoms with van der Waals surface area (Å²) in [7, 11) is 0. The molecule has 3 aromatic rings. The molecular weight excluding hydrogens is 329 g/mol. The molecule has 3 aromatic carbocycles. The summed E-state index contributed by atoms with van der Waals surface area (Å²) in [6.07, 6.45) is 0. The Balaban J connectivity index is 0.000000268. The Kier molecular flexibility index (Phi) is 11.1. The van der Waals surface area contributed by atoms with Crippen LogP contribution in [-0.4, -0.2) is 0 Å². The van der Waals surface area contributed by atoms with Crippen LogP contribution in [0.25, 0.3) is 0 Å². The standard InChI is InChI=1S/2C7H7.C5H5.Ru/c2*1-7-5-3-2-4-6-7;1-2-4-5-3-1;/h2*2-6H,1H2;1-5H;/q3*-1;+3. The largest absolute Gasteiger partial charge is 3.00 e. The summed E-state index contributed by atoms with van der Waals surface area (Å²) < 4.78 is 0. The predicted molar refractivity (Wildman–Crippen MR) is 83.8 cm³/mol. The zero-order chi connectivity index (χ0) is 13.8. The summed E-state index contributed by atoms with van der Waals surface area (Å²) in [6.45, 7) is 7.44. The monoisotopic (exact) mass is 349 g/mol. The van der Waals surface area contributed by atoms with E-state index >= 15 is 0 Å². The number of benzene rings is 2. The van der Waals surface area contributed by atoms with Gasteiger partial charge in [0, 0.05) is 0 Å². The number of hydrogen-bond acceptors (Lipinski definition) is 0. The molecule has 0 unspecified atom stereocenters. The predicted octanol–water partition coefficient (Wildman–Crippen LogP) is 5.14. The van der Waals surface area contributed by atoms with Crippen molar-refractivity contribution in [2.24, 2.45) is 0 Å². The van der Waals surface area contributed by atoms with E-state index in [0.717, 1.165) is 11.1 Å². The van der Waals surface area contributed by atoms with Gasteiger partial charge in [0.25, 0.3) is 0 Å². The van der Waals surface area contributed by atoms with Crippen LogP contribution >= 0.6 is 0 Å². The third-order valence-electron chi connectivity index (χ3n) is 2.24. The zero-order valence-electron chi connectivity index (χ0n) is 11.4. The van der Waals surface area contributed by atoms with Crippen LogP contribution in [0.2, 0.25) is 0 Å². The van der Waals surface area contributed by atoms with Crippen LogP contribution in [0.4, 0.5) is 0 Å². The van der Waals surface area contributed by atoms with E-state index in [-0.39, 0.29) is 19.5 Å². The summed E-state index contributed by atoms with van der Waals surface area (Å²) in [4.78, 5) is 0. The van der Waals surface area contributed by atoms with E-state index in [4.69, 9.17) is 0 Å². The fraction of sp³-hybridized carbons (Fsp3) is 0. The van der Waals surface area contributed by atoms with Crippen LogP contribution in [0.5, 0.6) is 0 Å². The Morgan fingerprint density at radius 1 is 0.550 bits per heavy atom. The Labute approximate surface area is 135 Å². The second kappa shape index (κ2) is 12.2. The molecule has 0 saturated heterocycles. The molecule has 0 heterocycles. The average molecular weight is 348 g/mol. The first-order valence-corrected chi connectivity index (χ1v) is 6.20. The van der Waals surface area contributed by atoms with Gasteiger partial charge in [0.05, 0.1) is 0 Å². The molecule has 0 aromatic heterocycles. The molecule has 0 nitrogen and oxygen atoms in total. The van der Waals surface area contributed by atoms with Crippen LogP contribution in [0.3, 0.4) is 0 Å². The molecule has 0 aliphatic heterocycles. The van der Waals surface area contributed by atoms with E-state index in [0.29, 0.717) is 0 Å². The van der Waals surface area contributed by atoms with Crippen LogP contribution in [0.15, 0.2) is 91.0 Å². The summed E-state index contributed by atoms with van der Waals surface area (Å²) in [5.41, 5.74) is 2.14. The van der Waals surface area contributed by atoms with Crippen molar-refractivity contribution in [2.75, 3.05) is 0 Å². The first kappa shape index (κ1) is 18.2. The quantitative estimate of drug-likeness (QED) is 0.390. The van der Waals surface area contributed by atoms with E-state index in [1.54, 1.807) is 0 Å². The SMILES string of the molecule is [CH2-]c1ccccc1.[CH2-]c1ccccc1.[Ru+3].c1cc[cH-]c1. The minimum absolute atomic E-state index is 0. The molecule has 1 radical (unpaired) electrons. The molecule has 0 saturated carbocycles. The summed E-state index contributed by atoms with van der Waals surface area (Å²) in [6, 6.07) is 29.7. The molecule has 0 aliphatic rings. The molecule has 20 heavy (non-hydrogen) atoms. The van der Waals surface area contributed by atoms with Crippen molar-refractivity contribution in [3.8, 4) is 0 Å². The summed E-state index contributed by atoms with van der Waals surface area (Å²) in [5.74, 6) is 0. The van der Waals surface area contributed by atoms with E-state index < -0.39 is 0 Å². The van der Waals surface area contributed by atoms with Gasteiger partial charge in [-0.2, -0.15) is 67.4 Å². The van der Waals surface area contributed by atoms with E-state index in [9.17, 15) is 0 Å². The van der Waals surface area contributed by atoms with E-state index in [1.165, 1.54) is 0 Å². The average Bonchev–Trinajstić information content (AvgIpc) is 3.00. The Morgan fingerprint density at radius 2 is 0.900 bits per heavy atom. The fourth-order valence-electron chi connectivity index (χ4n) is 1.28. The van der Waals surface area contributed by atoms with Crippen molar-refractivity contribution in [2.45, 2.75) is 0 Å². The second-order valence-corrected chi connectivity index (χ2v) is 3.93. The third kappa shape index (κ3) is 10.1. The molecule has 103 valence electrons. The van der Waals surface area contributed by atoms with E-state index in [2.05, 4.69) is 13.8 Å². The number of rotatable bonds is 0. The molecule has 0 atom stereocenters. The van der Waals surface area contributed by atoms with Gasteiger partial charge >= 0.3 is 19.5 Å². The minimum atomic E-state index is 0. The van der Waals surface area contributed by atoms with Crippen molar-refractivity contribution in [3.05, 3.63) is 116 Å². The van der Waals surface area contributed by atoms with Gasteiger partial charge in [-0.1, -0.05) is 12.1 Å². The van der Waals surface area contributed by atoms with Crippen LogP contribution in [-0.2, 0) is 19.5 Å². The Hall–Kier alpha value is -1.85. The summed E-state index contributed by atoms with van der Waals surface area (Å²) >= 11 is 0. The molecule has 0 aliphatic carbocycles. The van der Waals surface area contributed by atoms with Crippen LogP contribution in [0, 0.1) is 13.8 Å². The van der Waals surface area contributed by atoms with Gasteiger partial charge < -0.3 is 0 Å². The Bertz CT molecular complexity index is 443. The van der Waals surface area contributed by atoms with E-state index in [1.807, 2.05) is 91.0 Å². The molecule has 1 heteroatoms. The van der Waals surface area contributed by atoms with Gasteiger partial charge in [-0.05, 0) is 0 Å². The maximum Gasteiger partial charge on any atom is 3.00 e. The first-order valence-electron chi connectivity index (χ1n) is 6.20. The van der Waals surface area contributed by atoms with Crippen LogP contribution in [0.1, 0.15) is 11.1 Å². The van der Waals surface area contributed by atoms with Gasteiger partial charge in [-0.3, -0.25) is 0 Å². The van der Waals surface area contributed by atoms with Crippen molar-refractivity contribution in [1.82, 2.24) is 0 Å². The Morgan fingerprint density at radius 3 is 1.05 bits per heavy atom. The molecule has 0 fully saturated rings. The molecule has 0 amide bonds. The number of hydrogen-bond donors (Lipinski definition) is 0. The third-order valence-corrected chi connectivity index (χ3v) is 2.24. The van der Waals surface area contributed by atoms with Gasteiger partial charge in [0.15, 0.2) is 0 Å². The van der Waals surface area contributed by atoms with Gasteiger partial charge in [-0.25, -0.2) is 12.1 Å². The molecule has 0 bridgehead atoms. The van der Waals surface area contributed by atoms with Crippen molar-refractivity contribution >= 4 is 0 Å². The molecule has 0 spiro atoms. The molecule has 3 rings (SSSR count). The fourth-order valence-corrected chi connectivity index (χ4v) is 1.28. The van der Waals surface area contributed by atoms with Crippen molar-refractivity contribution < 1.29 is 19.5 Å².